The highest BCUT2D eigenvalue weighted by molar-refractivity contribution is 9.10. The summed E-state index contributed by atoms with van der Waals surface area (Å²) in [4.78, 5) is 169. The first-order valence-corrected chi connectivity index (χ1v) is 37.7. The number of H-pyrrole nitrogens is 1. The highest BCUT2D eigenvalue weighted by Gasteiger charge is 2.49. The van der Waals surface area contributed by atoms with Crippen LogP contribution in [0.4, 0.5) is 46.3 Å². The molecule has 110 heavy (non-hydrogen) atoms. The van der Waals surface area contributed by atoms with Gasteiger partial charge in [-0.1, -0.05) is 46.4 Å². The van der Waals surface area contributed by atoms with Crippen molar-refractivity contribution in [2.24, 2.45) is 23.5 Å². The van der Waals surface area contributed by atoms with Gasteiger partial charge in [0.2, 0.25) is 17.7 Å². The third-order valence-electron chi connectivity index (χ3n) is 18.7. The van der Waals surface area contributed by atoms with Gasteiger partial charge < -0.3 is 77.9 Å². The number of anilines is 8. The number of nitrogens with zero attached hydrogens (tertiary/aromatic N) is 9. The normalized spacial score (nSPS) is 18.3. The van der Waals surface area contributed by atoms with Gasteiger partial charge in [0, 0.05) is 87.3 Å². The summed E-state index contributed by atoms with van der Waals surface area (Å²) in [5.74, 6) is 0.819. The average Bonchev–Trinajstić information content (AvgIpc) is 1.58. The number of primary amides is 1. The smallest absolute Gasteiger partial charge is 0.276 e. The van der Waals surface area contributed by atoms with Crippen LogP contribution < -0.4 is 76.2 Å². The van der Waals surface area contributed by atoms with Crippen molar-refractivity contribution in [2.75, 3.05) is 85.2 Å². The van der Waals surface area contributed by atoms with Crippen LogP contribution in [0.25, 0.3) is 0 Å². The van der Waals surface area contributed by atoms with Gasteiger partial charge in [0.25, 0.3) is 45.9 Å². The van der Waals surface area contributed by atoms with E-state index >= 15 is 0 Å². The van der Waals surface area contributed by atoms with Crippen molar-refractivity contribution in [2.45, 2.75) is 107 Å². The Hall–Kier alpha value is -9.64. The third-order valence-corrected chi connectivity index (χ3v) is 21.1. The molecule has 7 amide bonds. The molecule has 10 aliphatic rings. The van der Waals surface area contributed by atoms with Crippen molar-refractivity contribution < 1.29 is 57.3 Å². The molecule has 4 saturated heterocycles. The molecule has 0 aromatic carbocycles. The number of halogens is 6. The minimum absolute atomic E-state index is 0.0260. The summed E-state index contributed by atoms with van der Waals surface area (Å²) in [5, 5.41) is 23.5. The zero-order chi connectivity index (χ0) is 78.3. The zero-order valence-electron chi connectivity index (χ0n) is 58.0. The van der Waals surface area contributed by atoms with Crippen LogP contribution in [0.3, 0.4) is 0 Å². The number of nitrogen functional groups attached to an aromatic ring is 1. The van der Waals surface area contributed by atoms with Gasteiger partial charge >= 0.3 is 0 Å². The number of hydrogen-bond donors (Lipinski definition) is 11. The van der Waals surface area contributed by atoms with Gasteiger partial charge in [-0.25, -0.2) is 29.9 Å². The Labute approximate surface area is 659 Å². The number of fused-ring (bicyclic) bond motifs is 6. The van der Waals surface area contributed by atoms with Gasteiger partial charge in [-0.3, -0.25) is 71.2 Å². The first-order chi connectivity index (χ1) is 52.6. The fraction of sp³-hybridized carbons (Fsp3) is 0.412. The van der Waals surface area contributed by atoms with Crippen LogP contribution in [0.15, 0.2) is 89.6 Å². The predicted octanol–water partition coefficient (Wildman–Crippen LogP) is 6.31. The second-order valence-electron chi connectivity index (χ2n) is 26.5. The predicted molar refractivity (Wildman–Crippen MR) is 406 cm³/mol. The third kappa shape index (κ3) is 18.5. The molecule has 7 aliphatic heterocycles. The number of ketones is 1. The lowest BCUT2D eigenvalue weighted by molar-refractivity contribution is -0.124. The van der Waals surface area contributed by atoms with Gasteiger partial charge in [-0.05, 0) is 94.7 Å². The van der Waals surface area contributed by atoms with E-state index < -0.39 is 39.6 Å². The summed E-state index contributed by atoms with van der Waals surface area (Å²) in [6.07, 6.45) is 13.7. The second kappa shape index (κ2) is 34.3. The molecule has 42 heteroatoms. The Morgan fingerprint density at radius 3 is 1.14 bits per heavy atom. The number of rotatable bonds is 11. The van der Waals surface area contributed by atoms with E-state index in [0.29, 0.717) is 149 Å². The van der Waals surface area contributed by atoms with E-state index in [9.17, 15) is 57.5 Å². The SMILES string of the molecule is NC(=O)c1[nH]c(=O)c(Br)cc1Cl.Nc1cc(NC(=O)C2CC2)ncn1.O=C1CCOCC1.O=C1NC2(CCOCC2)n2c1c(Cl)cc(Br)c2=O.O=C1NC2(CCOCC2)n2c1c(Cl)cc(Nc1cc(NC(=O)C3CC3)ncn1)c2=O.O=C1NC2(CCOCC2)n2c1c(Cl)cc(Nc1cc(NC(=O)C3CC3)ncn1)c2=O. The van der Waals surface area contributed by atoms with E-state index in [1.165, 1.54) is 56.9 Å². The Morgan fingerprint density at radius 1 is 0.445 bits per heavy atom. The Kier molecular flexibility index (Phi) is 24.9. The molecule has 7 fully saturated rings. The zero-order valence-corrected chi connectivity index (χ0v) is 64.2. The largest absolute Gasteiger partial charge is 0.384 e. The molecule has 17 rings (SSSR count). The molecular formula is C68H70Br2Cl4N20O16. The number of ether oxygens (including phenoxy) is 4. The van der Waals surface area contributed by atoms with Gasteiger partial charge in [0.05, 0.1) is 81.9 Å². The summed E-state index contributed by atoms with van der Waals surface area (Å²) in [5.41, 5.74) is 7.30. The maximum Gasteiger partial charge on any atom is 0.276 e. The van der Waals surface area contributed by atoms with Crippen LogP contribution in [-0.2, 0) is 55.1 Å². The molecule has 0 atom stereocenters. The summed E-state index contributed by atoms with van der Waals surface area (Å²) in [7, 11) is 0. The number of nitrogens with one attached hydrogen (secondary N) is 9. The lowest BCUT2D eigenvalue weighted by atomic mass is 10.0. The summed E-state index contributed by atoms with van der Waals surface area (Å²) >= 11 is 30.5. The molecule has 7 aromatic heterocycles. The number of pyridine rings is 4. The number of aromatic nitrogens is 10. The number of carbonyl (C=O) groups excluding carboxylic acids is 8. The van der Waals surface area contributed by atoms with Crippen molar-refractivity contribution in [3.8, 4) is 0 Å². The minimum atomic E-state index is -0.849. The van der Waals surface area contributed by atoms with Crippen LogP contribution in [0.5, 0.6) is 0 Å². The van der Waals surface area contributed by atoms with E-state index in [2.05, 4.69) is 109 Å². The first-order valence-electron chi connectivity index (χ1n) is 34.6. The molecule has 3 aliphatic carbocycles. The number of carbonyl (C=O) groups is 8. The number of hydrogen-bond acceptors (Lipinski definition) is 25. The maximum absolute atomic E-state index is 13.3. The lowest BCUT2D eigenvalue weighted by Crippen LogP contribution is -2.51. The summed E-state index contributed by atoms with van der Waals surface area (Å²) in [6.45, 7) is 4.01. The highest BCUT2D eigenvalue weighted by Crippen LogP contribution is 2.40. The van der Waals surface area contributed by atoms with Gasteiger partial charge in [0.1, 0.15) is 111 Å². The standard InChI is InChI=1S/2C19H19ClN6O4.C11H10BrClN2O3.C8H10N4O.C6H4BrClN2O2.C5H8O2/c2*20-11-7-12(23-13-8-14(22-9-21-13)24-16(27)10-1-2-10)18(29)26-15(11)17(28)25-19(26)3-5-30-6-4-19;12-6-5-7(13)8-9(16)14-11(15(8)10(6)17)1-3-18-4-2-11;9-6-3-7(11-4-10-6)12-8(13)5-1-2-5;7-2-1-3(8)4(5(9)11)10-6(2)12;6-5-1-3-7-4-2-5/h2*7-10H,1-6H2,(H,25,28)(H2,21,22,23,24,27);5H,1-4H2,(H,14,16);3-5H,1-2H2,(H3,9,10,11,12,13);1H,(H2,9,11)(H,10,12);1-4H2. The van der Waals surface area contributed by atoms with Crippen molar-refractivity contribution in [1.82, 2.24) is 64.5 Å². The topological polar surface area (TPSA) is 498 Å². The van der Waals surface area contributed by atoms with E-state index in [-0.39, 0.29) is 117 Å². The monoisotopic (exact) mass is 1720 g/mol. The van der Waals surface area contributed by atoms with Gasteiger partial charge in [-0.15, -0.1) is 0 Å². The fourth-order valence-electron chi connectivity index (χ4n) is 12.6. The van der Waals surface area contributed by atoms with E-state index in [0.717, 1.165) is 38.5 Å². The number of amides is 7. The Morgan fingerprint density at radius 2 is 0.782 bits per heavy atom. The molecule has 580 valence electrons. The average molecular weight is 1730 g/mol. The number of aromatic amines is 1. The molecule has 0 radical (unpaired) electrons. The van der Waals surface area contributed by atoms with Crippen LogP contribution in [-0.4, -0.2) is 149 Å². The van der Waals surface area contributed by atoms with Crippen LogP contribution in [0.1, 0.15) is 132 Å². The molecule has 36 nitrogen and oxygen atoms in total. The molecule has 0 bridgehead atoms. The second-order valence-corrected chi connectivity index (χ2v) is 29.9. The van der Waals surface area contributed by atoms with Crippen molar-refractivity contribution in [3.05, 3.63) is 155 Å². The van der Waals surface area contributed by atoms with Crippen LogP contribution in [0, 0.1) is 17.8 Å². The Bertz CT molecular complexity index is 4890. The molecule has 7 aromatic rings. The van der Waals surface area contributed by atoms with E-state index in [1.807, 2.05) is 0 Å². The molecular weight excluding hydrogens is 1650 g/mol. The number of Topliss-reactive ketones (excluding diaryl/α,β-unsaturated/α-hetero) is 1. The molecule has 13 N–H and O–H groups in total. The van der Waals surface area contributed by atoms with Gasteiger partial charge in [0.15, 0.2) is 0 Å². The van der Waals surface area contributed by atoms with Crippen molar-refractivity contribution in [3.63, 3.8) is 0 Å². The Balaban J connectivity index is 0.000000131. The lowest BCUT2D eigenvalue weighted by Gasteiger charge is -2.35. The van der Waals surface area contributed by atoms with Crippen LogP contribution in [0.2, 0.25) is 20.1 Å². The molecule has 14 heterocycles. The molecule has 3 saturated carbocycles. The first kappa shape index (κ1) is 79.9. The minimum Gasteiger partial charge on any atom is -0.384 e. The molecule has 0 unspecified atom stereocenters. The van der Waals surface area contributed by atoms with Gasteiger partial charge in [-0.2, -0.15) is 0 Å². The quantitative estimate of drug-likeness (QED) is 0.0675. The summed E-state index contributed by atoms with van der Waals surface area (Å²) < 4.78 is 26.0. The van der Waals surface area contributed by atoms with Crippen LogP contribution >= 0.6 is 78.3 Å². The highest BCUT2D eigenvalue weighted by atomic mass is 79.9. The summed E-state index contributed by atoms with van der Waals surface area (Å²) in [6, 6.07) is 10.2. The maximum atomic E-state index is 13.3. The fourth-order valence-corrected chi connectivity index (χ4v) is 14.7. The molecule has 3 spiro atoms. The van der Waals surface area contributed by atoms with Crippen molar-refractivity contribution in [1.29, 1.82) is 0 Å². The van der Waals surface area contributed by atoms with E-state index in [1.54, 1.807) is 18.2 Å². The van der Waals surface area contributed by atoms with Crippen molar-refractivity contribution >= 4 is 172 Å². The van der Waals surface area contributed by atoms with E-state index in [4.69, 9.17) is 76.8 Å². The number of nitrogens with two attached hydrogens (primary N) is 2.